The average molecular weight is 532 g/mol. The first-order valence-corrected chi connectivity index (χ1v) is 12.7. The summed E-state index contributed by atoms with van der Waals surface area (Å²) in [6.07, 6.45) is -2.01. The fourth-order valence-corrected chi connectivity index (χ4v) is 6.15. The molecule has 0 spiro atoms. The Morgan fingerprint density at radius 3 is 2.54 bits per heavy atom. The summed E-state index contributed by atoms with van der Waals surface area (Å²) in [6.45, 7) is 1.32. The summed E-state index contributed by atoms with van der Waals surface area (Å²) in [5.41, 5.74) is -0.392. The van der Waals surface area contributed by atoms with Crippen molar-refractivity contribution in [3.05, 3.63) is 64.7 Å². The second kappa shape index (κ2) is 11.2. The number of rotatable bonds is 7. The molecule has 1 aliphatic heterocycles. The third-order valence-electron chi connectivity index (χ3n) is 5.63. The monoisotopic (exact) mass is 531 g/mol. The van der Waals surface area contributed by atoms with Crippen molar-refractivity contribution in [3.63, 3.8) is 0 Å². The van der Waals surface area contributed by atoms with E-state index in [1.165, 1.54) is 36.1 Å². The molecule has 1 N–H and O–H groups in total. The van der Waals surface area contributed by atoms with Gasteiger partial charge < -0.3 is 19.5 Å². The molecule has 1 heterocycles. The molecule has 0 saturated carbocycles. The van der Waals surface area contributed by atoms with Gasteiger partial charge in [0.05, 0.1) is 23.3 Å². The number of likely N-dealkylation sites (tertiary alicyclic amines) is 1. The molecular weight excluding hydrogens is 508 g/mol. The first-order valence-electron chi connectivity index (χ1n) is 10.7. The van der Waals surface area contributed by atoms with Crippen molar-refractivity contribution in [2.45, 2.75) is 36.0 Å². The van der Waals surface area contributed by atoms with E-state index in [0.29, 0.717) is 24.4 Å². The lowest BCUT2D eigenvalue weighted by molar-refractivity contribution is 0.00829. The first kappa shape index (κ1) is 26.7. The maximum absolute atomic E-state index is 14.7. The number of hydrogen-bond donors (Lipinski definition) is 1. The summed E-state index contributed by atoms with van der Waals surface area (Å²) in [7, 11) is -4.26. The van der Waals surface area contributed by atoms with Gasteiger partial charge in [-0.2, -0.15) is 0 Å². The molecule has 3 atom stereocenters. The molecule has 0 radical (unpaired) electrons. The number of piperidine rings is 1. The SMILES string of the molecule is C[C@H](COC(=O)N1CCCC(OC(=O)O)C1)C(c1cc(F)ccc1F)S(=O)(=O)c1ccc(Cl)cc1. The molecule has 0 bridgehead atoms. The van der Waals surface area contributed by atoms with E-state index in [1.807, 2.05) is 0 Å². The van der Waals surface area contributed by atoms with Crippen molar-refractivity contribution >= 4 is 33.7 Å². The molecule has 8 nitrogen and oxygen atoms in total. The van der Waals surface area contributed by atoms with Crippen LogP contribution in [-0.2, 0) is 19.3 Å². The van der Waals surface area contributed by atoms with Gasteiger partial charge in [-0.15, -0.1) is 0 Å². The summed E-state index contributed by atoms with van der Waals surface area (Å²) in [6, 6.07) is 7.78. The maximum Gasteiger partial charge on any atom is 0.506 e. The van der Waals surface area contributed by atoms with Crippen LogP contribution in [0.4, 0.5) is 18.4 Å². The molecule has 1 amide bonds. The predicted molar refractivity (Wildman–Crippen MR) is 122 cm³/mol. The van der Waals surface area contributed by atoms with Crippen LogP contribution in [0.1, 0.15) is 30.6 Å². The lowest BCUT2D eigenvalue weighted by atomic mass is 10.0. The van der Waals surface area contributed by atoms with Crippen LogP contribution in [0.25, 0.3) is 0 Å². The summed E-state index contributed by atoms with van der Waals surface area (Å²) in [5.74, 6) is -2.72. The van der Waals surface area contributed by atoms with Crippen LogP contribution in [0.15, 0.2) is 47.4 Å². The number of hydrogen-bond acceptors (Lipinski definition) is 6. The number of amides is 1. The Kier molecular flexibility index (Phi) is 8.55. The molecule has 35 heavy (non-hydrogen) atoms. The molecule has 1 fully saturated rings. The van der Waals surface area contributed by atoms with Gasteiger partial charge in [0.1, 0.15) is 17.7 Å². The Labute approximate surface area is 206 Å². The van der Waals surface area contributed by atoms with Crippen LogP contribution in [0, 0.1) is 17.6 Å². The highest BCUT2D eigenvalue weighted by atomic mass is 35.5. The van der Waals surface area contributed by atoms with Gasteiger partial charge in [-0.3, -0.25) is 0 Å². The molecular formula is C23H24ClF2NO7S. The zero-order chi connectivity index (χ0) is 25.8. The Hall–Kier alpha value is -2.92. The first-order chi connectivity index (χ1) is 16.5. The number of nitrogens with zero attached hydrogens (tertiary/aromatic N) is 1. The van der Waals surface area contributed by atoms with Crippen LogP contribution in [0.2, 0.25) is 5.02 Å². The van der Waals surface area contributed by atoms with Crippen molar-refractivity contribution in [2.75, 3.05) is 19.7 Å². The predicted octanol–water partition coefficient (Wildman–Crippen LogP) is 5.06. The van der Waals surface area contributed by atoms with E-state index in [9.17, 15) is 26.8 Å². The van der Waals surface area contributed by atoms with Crippen LogP contribution in [0.3, 0.4) is 0 Å². The molecule has 1 saturated heterocycles. The number of carbonyl (C=O) groups is 2. The van der Waals surface area contributed by atoms with Crippen LogP contribution in [-0.4, -0.2) is 56.5 Å². The number of carboxylic acid groups (broad SMARTS) is 1. The smallest absolute Gasteiger partial charge is 0.450 e. The van der Waals surface area contributed by atoms with Gasteiger partial charge in [0.25, 0.3) is 0 Å². The molecule has 2 aromatic carbocycles. The van der Waals surface area contributed by atoms with Crippen molar-refractivity contribution in [1.29, 1.82) is 0 Å². The lowest BCUT2D eigenvalue weighted by Gasteiger charge is -2.32. The minimum Gasteiger partial charge on any atom is -0.450 e. The second-order valence-corrected chi connectivity index (χ2v) is 10.7. The fourth-order valence-electron chi connectivity index (χ4n) is 4.01. The van der Waals surface area contributed by atoms with E-state index >= 15 is 0 Å². The third-order valence-corrected chi connectivity index (χ3v) is 8.20. The van der Waals surface area contributed by atoms with Crippen LogP contribution in [0.5, 0.6) is 0 Å². The van der Waals surface area contributed by atoms with Gasteiger partial charge in [0.15, 0.2) is 9.84 Å². The zero-order valence-electron chi connectivity index (χ0n) is 18.7. The molecule has 2 unspecified atom stereocenters. The standard InChI is InChI=1S/C23H24ClF2NO7S/c1-14(13-33-22(28)27-10-2-3-17(12-27)34-23(29)30)21(19-11-16(25)6-9-20(19)26)35(31,32)18-7-4-15(24)5-8-18/h4-9,11,14,17,21H,2-3,10,12-13H2,1H3,(H,29,30)/t14-,17?,21?/m1/s1. The van der Waals surface area contributed by atoms with Gasteiger partial charge in [-0.1, -0.05) is 18.5 Å². The fraction of sp³-hybridized carbons (Fsp3) is 0.391. The van der Waals surface area contributed by atoms with E-state index in [4.69, 9.17) is 26.2 Å². The van der Waals surface area contributed by atoms with Gasteiger partial charge in [0, 0.05) is 23.0 Å². The number of sulfone groups is 1. The molecule has 190 valence electrons. The summed E-state index contributed by atoms with van der Waals surface area (Å²) in [5, 5.41) is 7.51. The van der Waals surface area contributed by atoms with Crippen LogP contribution >= 0.6 is 11.6 Å². The van der Waals surface area contributed by atoms with Crippen molar-refractivity contribution in [2.24, 2.45) is 5.92 Å². The van der Waals surface area contributed by atoms with Gasteiger partial charge in [0.2, 0.25) is 0 Å². The number of halogens is 3. The number of ether oxygens (including phenoxy) is 2. The van der Waals surface area contributed by atoms with E-state index in [0.717, 1.165) is 18.2 Å². The van der Waals surface area contributed by atoms with Crippen molar-refractivity contribution < 1.29 is 41.4 Å². The highest BCUT2D eigenvalue weighted by Crippen LogP contribution is 2.37. The van der Waals surface area contributed by atoms with E-state index in [2.05, 4.69) is 0 Å². The largest absolute Gasteiger partial charge is 0.506 e. The molecule has 0 aromatic heterocycles. The number of carbonyl (C=O) groups excluding carboxylic acids is 1. The van der Waals surface area contributed by atoms with Crippen molar-refractivity contribution in [1.82, 2.24) is 4.90 Å². The Morgan fingerprint density at radius 1 is 1.20 bits per heavy atom. The summed E-state index contributed by atoms with van der Waals surface area (Å²) < 4.78 is 65.7. The van der Waals surface area contributed by atoms with Gasteiger partial charge >= 0.3 is 12.2 Å². The molecule has 2 aromatic rings. The third kappa shape index (κ3) is 6.61. The molecule has 0 aliphatic carbocycles. The average Bonchev–Trinajstić information content (AvgIpc) is 2.80. The minimum atomic E-state index is -4.26. The Morgan fingerprint density at radius 2 is 1.89 bits per heavy atom. The summed E-state index contributed by atoms with van der Waals surface area (Å²) >= 11 is 5.86. The highest BCUT2D eigenvalue weighted by molar-refractivity contribution is 7.91. The molecule has 3 rings (SSSR count). The van der Waals surface area contributed by atoms with Crippen molar-refractivity contribution in [3.8, 4) is 0 Å². The normalized spacial score (nSPS) is 17.9. The molecule has 12 heteroatoms. The summed E-state index contributed by atoms with van der Waals surface area (Å²) in [4.78, 5) is 24.5. The zero-order valence-corrected chi connectivity index (χ0v) is 20.3. The lowest BCUT2D eigenvalue weighted by Crippen LogP contribution is -2.44. The van der Waals surface area contributed by atoms with Gasteiger partial charge in [-0.05, 0) is 55.3 Å². The van der Waals surface area contributed by atoms with Crippen LogP contribution < -0.4 is 0 Å². The second-order valence-electron chi connectivity index (χ2n) is 8.23. The topological polar surface area (TPSA) is 110 Å². The van der Waals surface area contributed by atoms with Gasteiger partial charge in [-0.25, -0.2) is 26.8 Å². The van der Waals surface area contributed by atoms with E-state index in [-0.39, 0.29) is 11.4 Å². The number of benzene rings is 2. The van der Waals surface area contributed by atoms with E-state index < -0.39 is 63.2 Å². The van der Waals surface area contributed by atoms with E-state index in [1.54, 1.807) is 0 Å². The highest BCUT2D eigenvalue weighted by Gasteiger charge is 2.37. The molecule has 1 aliphatic rings. The Bertz CT molecular complexity index is 1180. The maximum atomic E-state index is 14.7. The quantitative estimate of drug-likeness (QED) is 0.497. The Balaban J connectivity index is 1.83. The minimum absolute atomic E-state index is 0.00938.